The minimum atomic E-state index is -4.64. The fraction of sp³-hybridized carbons (Fsp3) is 0.667. The van der Waals surface area contributed by atoms with E-state index in [1.807, 2.05) is 0 Å². The summed E-state index contributed by atoms with van der Waals surface area (Å²) < 4.78 is 48.3. The molecule has 1 atom stereocenters. The molecular weight excluding hydrogens is 437 g/mol. The SMILES string of the molecule is CCSN1CCC(CNC(=O)c2ccc(Cl)cc2C(F)(F)F)(CC2CCCO2)CC1. The van der Waals surface area contributed by atoms with Gasteiger partial charge in [-0.2, -0.15) is 13.2 Å². The van der Waals surface area contributed by atoms with Crippen LogP contribution in [0, 0.1) is 5.41 Å². The van der Waals surface area contributed by atoms with E-state index in [4.69, 9.17) is 16.3 Å². The molecule has 1 aromatic carbocycles. The van der Waals surface area contributed by atoms with E-state index in [9.17, 15) is 18.0 Å². The number of rotatable bonds is 7. The van der Waals surface area contributed by atoms with Crippen LogP contribution < -0.4 is 5.32 Å². The van der Waals surface area contributed by atoms with Crippen molar-refractivity contribution in [3.63, 3.8) is 0 Å². The van der Waals surface area contributed by atoms with E-state index in [-0.39, 0.29) is 16.5 Å². The van der Waals surface area contributed by atoms with Crippen LogP contribution in [0.2, 0.25) is 5.02 Å². The second-order valence-corrected chi connectivity index (χ2v) is 9.84. The maximum atomic E-state index is 13.4. The average molecular weight is 465 g/mol. The summed E-state index contributed by atoms with van der Waals surface area (Å²) in [6.45, 7) is 5.01. The molecule has 0 aromatic heterocycles. The second kappa shape index (κ2) is 10.1. The molecule has 1 unspecified atom stereocenters. The van der Waals surface area contributed by atoms with E-state index in [1.165, 1.54) is 6.07 Å². The zero-order chi connectivity index (χ0) is 21.8. The third-order valence-electron chi connectivity index (χ3n) is 5.94. The van der Waals surface area contributed by atoms with Gasteiger partial charge in [0, 0.05) is 37.0 Å². The lowest BCUT2D eigenvalue weighted by atomic mass is 9.74. The van der Waals surface area contributed by atoms with Crippen molar-refractivity contribution in [2.24, 2.45) is 5.41 Å². The van der Waals surface area contributed by atoms with Gasteiger partial charge >= 0.3 is 6.18 Å². The highest BCUT2D eigenvalue weighted by Crippen LogP contribution is 2.40. The van der Waals surface area contributed by atoms with Crippen molar-refractivity contribution in [1.82, 2.24) is 9.62 Å². The number of ether oxygens (including phenoxy) is 1. The molecule has 168 valence electrons. The van der Waals surface area contributed by atoms with Crippen molar-refractivity contribution in [2.45, 2.75) is 51.3 Å². The molecule has 2 fully saturated rings. The lowest BCUT2D eigenvalue weighted by Gasteiger charge is -2.42. The van der Waals surface area contributed by atoms with E-state index >= 15 is 0 Å². The molecule has 1 N–H and O–H groups in total. The first-order valence-electron chi connectivity index (χ1n) is 10.4. The van der Waals surface area contributed by atoms with Crippen LogP contribution in [0.3, 0.4) is 0 Å². The summed E-state index contributed by atoms with van der Waals surface area (Å²) in [6.07, 6.45) is 0.136. The van der Waals surface area contributed by atoms with Crippen LogP contribution >= 0.6 is 23.5 Å². The van der Waals surface area contributed by atoms with Gasteiger partial charge in [0.2, 0.25) is 0 Å². The van der Waals surface area contributed by atoms with Gasteiger partial charge in [0.05, 0.1) is 17.2 Å². The van der Waals surface area contributed by atoms with Crippen molar-refractivity contribution >= 4 is 29.5 Å². The Labute approximate surface area is 185 Å². The molecule has 0 aliphatic carbocycles. The molecule has 30 heavy (non-hydrogen) atoms. The zero-order valence-electron chi connectivity index (χ0n) is 17.1. The number of halogens is 4. The predicted molar refractivity (Wildman–Crippen MR) is 114 cm³/mol. The Morgan fingerprint density at radius 2 is 2.10 bits per heavy atom. The van der Waals surface area contributed by atoms with Crippen molar-refractivity contribution in [2.75, 3.05) is 32.0 Å². The summed E-state index contributed by atoms with van der Waals surface area (Å²) in [7, 11) is 0. The quantitative estimate of drug-likeness (QED) is 0.548. The van der Waals surface area contributed by atoms with E-state index in [1.54, 1.807) is 11.9 Å². The van der Waals surface area contributed by atoms with Gasteiger partial charge in [0.25, 0.3) is 5.91 Å². The van der Waals surface area contributed by atoms with Crippen molar-refractivity contribution < 1.29 is 22.7 Å². The monoisotopic (exact) mass is 464 g/mol. The first-order chi connectivity index (χ1) is 14.2. The first kappa shape index (κ1) is 23.7. The van der Waals surface area contributed by atoms with Gasteiger partial charge in [-0.05, 0) is 55.7 Å². The smallest absolute Gasteiger partial charge is 0.378 e. The summed E-state index contributed by atoms with van der Waals surface area (Å²) in [4.78, 5) is 12.7. The molecule has 0 spiro atoms. The molecule has 2 aliphatic rings. The summed E-state index contributed by atoms with van der Waals surface area (Å²) in [6, 6.07) is 3.26. The van der Waals surface area contributed by atoms with Crippen LogP contribution in [-0.4, -0.2) is 48.3 Å². The van der Waals surface area contributed by atoms with Crippen LogP contribution in [0.4, 0.5) is 13.2 Å². The maximum Gasteiger partial charge on any atom is 0.417 e. The summed E-state index contributed by atoms with van der Waals surface area (Å²) in [5.41, 5.74) is -1.56. The van der Waals surface area contributed by atoms with Crippen LogP contribution in [0.15, 0.2) is 18.2 Å². The largest absolute Gasteiger partial charge is 0.417 e. The molecule has 2 aliphatic heterocycles. The molecule has 1 aromatic rings. The molecule has 0 bridgehead atoms. The molecule has 2 heterocycles. The molecule has 0 radical (unpaired) electrons. The number of piperidine rings is 1. The Kier molecular flexibility index (Phi) is 7.98. The van der Waals surface area contributed by atoms with Gasteiger partial charge in [0.1, 0.15) is 0 Å². The molecule has 1 amide bonds. The fourth-order valence-electron chi connectivity index (χ4n) is 4.33. The molecule has 2 saturated heterocycles. The predicted octanol–water partition coefficient (Wildman–Crippen LogP) is 5.41. The topological polar surface area (TPSA) is 41.6 Å². The van der Waals surface area contributed by atoms with Crippen LogP contribution in [0.25, 0.3) is 0 Å². The number of carbonyl (C=O) groups is 1. The minimum Gasteiger partial charge on any atom is -0.378 e. The van der Waals surface area contributed by atoms with Crippen molar-refractivity contribution in [3.05, 3.63) is 34.3 Å². The van der Waals surface area contributed by atoms with Gasteiger partial charge in [-0.3, -0.25) is 9.10 Å². The minimum absolute atomic E-state index is 0.0467. The maximum absolute atomic E-state index is 13.4. The first-order valence-corrected chi connectivity index (χ1v) is 11.7. The lowest BCUT2D eigenvalue weighted by Crippen LogP contribution is -2.46. The Balaban J connectivity index is 1.72. The highest BCUT2D eigenvalue weighted by atomic mass is 35.5. The molecular formula is C21H28ClF3N2O2S. The van der Waals surface area contributed by atoms with Gasteiger partial charge in [-0.15, -0.1) is 0 Å². The third-order valence-corrected chi connectivity index (χ3v) is 7.16. The van der Waals surface area contributed by atoms with Gasteiger partial charge in [0.15, 0.2) is 0 Å². The Morgan fingerprint density at radius 3 is 2.70 bits per heavy atom. The number of benzene rings is 1. The molecule has 3 rings (SSSR count). The summed E-state index contributed by atoms with van der Waals surface area (Å²) >= 11 is 7.53. The zero-order valence-corrected chi connectivity index (χ0v) is 18.6. The number of amides is 1. The number of nitrogens with one attached hydrogen (secondary N) is 1. The van der Waals surface area contributed by atoms with Gasteiger partial charge in [-0.25, -0.2) is 0 Å². The Morgan fingerprint density at radius 1 is 1.37 bits per heavy atom. The Bertz CT molecular complexity index is 733. The van der Waals surface area contributed by atoms with Crippen molar-refractivity contribution in [1.29, 1.82) is 0 Å². The highest BCUT2D eigenvalue weighted by molar-refractivity contribution is 7.96. The fourth-order valence-corrected chi connectivity index (χ4v) is 5.30. The number of hydrogen-bond donors (Lipinski definition) is 1. The van der Waals surface area contributed by atoms with Crippen molar-refractivity contribution in [3.8, 4) is 0 Å². The van der Waals surface area contributed by atoms with Crippen LogP contribution in [-0.2, 0) is 10.9 Å². The summed E-state index contributed by atoms with van der Waals surface area (Å²) in [5, 5.41) is 2.75. The lowest BCUT2D eigenvalue weighted by molar-refractivity contribution is -0.137. The average Bonchev–Trinajstić information content (AvgIpc) is 3.20. The van der Waals surface area contributed by atoms with E-state index < -0.39 is 23.2 Å². The second-order valence-electron chi connectivity index (χ2n) is 8.06. The number of nitrogens with zero attached hydrogens (tertiary/aromatic N) is 1. The van der Waals surface area contributed by atoms with E-state index in [2.05, 4.69) is 16.5 Å². The molecule has 9 heteroatoms. The normalized spacial score (nSPS) is 22.2. The molecule has 0 saturated carbocycles. The Hall–Kier alpha value is -0.960. The van der Waals surface area contributed by atoms with Crippen LogP contribution in [0.1, 0.15) is 54.9 Å². The standard InChI is InChI=1S/C21H28ClF3N2O2S/c1-2-30-27-9-7-20(8-10-27,13-16-4-3-11-29-16)14-26-19(28)17-6-5-15(22)12-18(17)21(23,24)25/h5-6,12,16H,2-4,7-11,13-14H2,1H3,(H,26,28). The number of hydrogen-bond acceptors (Lipinski definition) is 4. The highest BCUT2D eigenvalue weighted by Gasteiger charge is 2.39. The van der Waals surface area contributed by atoms with Crippen LogP contribution in [0.5, 0.6) is 0 Å². The van der Waals surface area contributed by atoms with Gasteiger partial charge < -0.3 is 10.1 Å². The molecule has 4 nitrogen and oxygen atoms in total. The number of alkyl halides is 3. The van der Waals surface area contributed by atoms with E-state index in [0.717, 1.165) is 69.7 Å². The third kappa shape index (κ3) is 6.05. The van der Waals surface area contributed by atoms with E-state index in [0.29, 0.717) is 6.54 Å². The number of carbonyl (C=O) groups excluding carboxylic acids is 1. The summed E-state index contributed by atoms with van der Waals surface area (Å²) in [5.74, 6) is 0.294. The van der Waals surface area contributed by atoms with Gasteiger partial charge in [-0.1, -0.05) is 30.5 Å².